The van der Waals surface area contributed by atoms with E-state index in [-0.39, 0.29) is 11.8 Å². The highest BCUT2D eigenvalue weighted by atomic mass is 16.1. The van der Waals surface area contributed by atoms with E-state index in [4.69, 9.17) is 0 Å². The fraction of sp³-hybridized carbons (Fsp3) is 0.933. The molecule has 18 heavy (non-hydrogen) atoms. The van der Waals surface area contributed by atoms with Crippen molar-refractivity contribution in [2.24, 2.45) is 5.92 Å². The molecule has 0 spiro atoms. The third-order valence-corrected chi connectivity index (χ3v) is 3.06. The minimum atomic E-state index is 0.265. The van der Waals surface area contributed by atoms with E-state index in [0.717, 1.165) is 38.6 Å². The van der Waals surface area contributed by atoms with E-state index in [0.29, 0.717) is 6.04 Å². The molecule has 1 aliphatic carbocycles. The average Bonchev–Trinajstić information content (AvgIpc) is 2.49. The van der Waals surface area contributed by atoms with Crippen LogP contribution in [-0.4, -0.2) is 25.5 Å². The monoisotopic (exact) mass is 258 g/mol. The Balaban J connectivity index is 0. The molecule has 3 nitrogen and oxygen atoms in total. The van der Waals surface area contributed by atoms with Crippen LogP contribution in [0.15, 0.2) is 0 Å². The number of nitrogens with one attached hydrogen (secondary N) is 2. The van der Waals surface area contributed by atoms with E-state index in [2.05, 4.69) is 17.6 Å². The molecule has 0 aromatic rings. The summed E-state index contributed by atoms with van der Waals surface area (Å²) in [6, 6.07) is 0.630. The lowest BCUT2D eigenvalue weighted by Crippen LogP contribution is -2.37. The standard InChI is InChI=1S/C11H22N2O.2C2H6/c1-3-8-13-11(14)9-4-6-10(12-2)7-5-9;2*1-2/h9-10,12H,3-8H2,1-2H3,(H,13,14);2*1-2H3. The van der Waals surface area contributed by atoms with Gasteiger partial charge >= 0.3 is 0 Å². The molecule has 2 N–H and O–H groups in total. The van der Waals surface area contributed by atoms with Gasteiger partial charge in [-0.1, -0.05) is 34.6 Å². The van der Waals surface area contributed by atoms with Crippen LogP contribution < -0.4 is 10.6 Å². The van der Waals surface area contributed by atoms with Gasteiger partial charge in [0.15, 0.2) is 0 Å². The zero-order valence-electron chi connectivity index (χ0n) is 13.3. The SMILES string of the molecule is CC.CC.CCCNC(=O)C1CCC(NC)CC1. The average molecular weight is 258 g/mol. The molecule has 1 aliphatic rings. The summed E-state index contributed by atoms with van der Waals surface area (Å²) in [7, 11) is 2.00. The van der Waals surface area contributed by atoms with Crippen LogP contribution in [0.2, 0.25) is 0 Å². The molecule has 0 aromatic carbocycles. The normalized spacial score (nSPS) is 21.9. The second-order valence-electron chi connectivity index (χ2n) is 4.13. The first kappa shape index (κ1) is 19.8. The maximum Gasteiger partial charge on any atom is 0.223 e. The Bertz CT molecular complexity index is 175. The third kappa shape index (κ3) is 8.51. The summed E-state index contributed by atoms with van der Waals surface area (Å²) in [5.41, 5.74) is 0. The fourth-order valence-electron chi connectivity index (χ4n) is 2.04. The lowest BCUT2D eigenvalue weighted by molar-refractivity contribution is -0.126. The van der Waals surface area contributed by atoms with Crippen LogP contribution in [0, 0.1) is 5.92 Å². The van der Waals surface area contributed by atoms with Crippen molar-refractivity contribution >= 4 is 5.91 Å². The highest BCUT2D eigenvalue weighted by Crippen LogP contribution is 2.24. The topological polar surface area (TPSA) is 41.1 Å². The van der Waals surface area contributed by atoms with E-state index in [1.54, 1.807) is 0 Å². The molecule has 0 saturated heterocycles. The Kier molecular flexibility index (Phi) is 15.9. The van der Waals surface area contributed by atoms with Crippen LogP contribution in [0.25, 0.3) is 0 Å². The zero-order chi connectivity index (χ0) is 14.4. The van der Waals surface area contributed by atoms with Crippen LogP contribution in [0.5, 0.6) is 0 Å². The van der Waals surface area contributed by atoms with Crippen LogP contribution in [-0.2, 0) is 4.79 Å². The van der Waals surface area contributed by atoms with Gasteiger partial charge in [0.2, 0.25) is 5.91 Å². The quantitative estimate of drug-likeness (QED) is 0.812. The Labute approximate surface area is 114 Å². The van der Waals surface area contributed by atoms with Gasteiger partial charge in [-0.2, -0.15) is 0 Å². The Morgan fingerprint density at radius 3 is 1.94 bits per heavy atom. The number of rotatable bonds is 4. The lowest BCUT2D eigenvalue weighted by Gasteiger charge is -2.27. The zero-order valence-corrected chi connectivity index (χ0v) is 13.3. The predicted molar refractivity (Wildman–Crippen MR) is 80.8 cm³/mol. The molecule has 0 unspecified atom stereocenters. The highest BCUT2D eigenvalue weighted by molar-refractivity contribution is 5.78. The van der Waals surface area contributed by atoms with E-state index in [9.17, 15) is 4.79 Å². The Morgan fingerprint density at radius 2 is 1.56 bits per heavy atom. The second kappa shape index (κ2) is 14.5. The first-order valence-electron chi connectivity index (χ1n) is 7.73. The van der Waals surface area contributed by atoms with Gasteiger partial charge in [-0.3, -0.25) is 4.79 Å². The smallest absolute Gasteiger partial charge is 0.223 e. The van der Waals surface area contributed by atoms with Crippen LogP contribution >= 0.6 is 0 Å². The van der Waals surface area contributed by atoms with Gasteiger partial charge in [0.1, 0.15) is 0 Å². The van der Waals surface area contributed by atoms with E-state index < -0.39 is 0 Å². The van der Waals surface area contributed by atoms with Gasteiger partial charge in [0.25, 0.3) is 0 Å². The van der Waals surface area contributed by atoms with Gasteiger partial charge in [-0.25, -0.2) is 0 Å². The summed E-state index contributed by atoms with van der Waals surface area (Å²) in [6.07, 6.45) is 5.39. The summed E-state index contributed by atoms with van der Waals surface area (Å²) < 4.78 is 0. The van der Waals surface area contributed by atoms with Crippen LogP contribution in [0.3, 0.4) is 0 Å². The van der Waals surface area contributed by atoms with Crippen LogP contribution in [0.4, 0.5) is 0 Å². The van der Waals surface area contributed by atoms with Crippen molar-refractivity contribution in [1.82, 2.24) is 10.6 Å². The van der Waals surface area contributed by atoms with E-state index in [1.165, 1.54) is 0 Å². The summed E-state index contributed by atoms with van der Waals surface area (Å²) >= 11 is 0. The maximum absolute atomic E-state index is 11.6. The van der Waals surface area contributed by atoms with Crippen molar-refractivity contribution in [2.75, 3.05) is 13.6 Å². The number of carbonyl (C=O) groups is 1. The molecular weight excluding hydrogens is 224 g/mol. The van der Waals surface area contributed by atoms with E-state index >= 15 is 0 Å². The van der Waals surface area contributed by atoms with Crippen LogP contribution in [0.1, 0.15) is 66.7 Å². The molecule has 0 aromatic heterocycles. The predicted octanol–water partition coefficient (Wildman–Crippen LogP) is 3.34. The molecule has 1 saturated carbocycles. The maximum atomic E-state index is 11.6. The van der Waals surface area contributed by atoms with E-state index in [1.807, 2.05) is 34.7 Å². The number of hydrogen-bond donors (Lipinski definition) is 2. The molecule has 110 valence electrons. The minimum Gasteiger partial charge on any atom is -0.356 e. The van der Waals surface area contributed by atoms with Gasteiger partial charge in [0.05, 0.1) is 0 Å². The molecule has 3 heteroatoms. The molecule has 0 heterocycles. The molecule has 0 radical (unpaired) electrons. The van der Waals surface area contributed by atoms with Crippen molar-refractivity contribution in [3.05, 3.63) is 0 Å². The van der Waals surface area contributed by atoms with Crippen molar-refractivity contribution in [3.63, 3.8) is 0 Å². The lowest BCUT2D eigenvalue weighted by atomic mass is 9.85. The largest absolute Gasteiger partial charge is 0.356 e. The first-order valence-corrected chi connectivity index (χ1v) is 7.73. The molecule has 0 bridgehead atoms. The highest BCUT2D eigenvalue weighted by Gasteiger charge is 2.24. The summed E-state index contributed by atoms with van der Waals surface area (Å²) in [4.78, 5) is 11.6. The number of amides is 1. The summed E-state index contributed by atoms with van der Waals surface area (Å²) in [6.45, 7) is 10.9. The first-order chi connectivity index (χ1) is 8.77. The summed E-state index contributed by atoms with van der Waals surface area (Å²) in [5, 5.41) is 6.25. The third-order valence-electron chi connectivity index (χ3n) is 3.06. The van der Waals surface area contributed by atoms with Crippen molar-refractivity contribution < 1.29 is 4.79 Å². The Hall–Kier alpha value is -0.570. The van der Waals surface area contributed by atoms with Gasteiger partial charge in [-0.05, 0) is 39.2 Å². The number of carbonyl (C=O) groups excluding carboxylic acids is 1. The van der Waals surface area contributed by atoms with Crippen molar-refractivity contribution in [2.45, 2.75) is 72.8 Å². The second-order valence-corrected chi connectivity index (χ2v) is 4.13. The van der Waals surface area contributed by atoms with Crippen molar-refractivity contribution in [3.8, 4) is 0 Å². The Morgan fingerprint density at radius 1 is 1.06 bits per heavy atom. The fourth-order valence-corrected chi connectivity index (χ4v) is 2.04. The summed E-state index contributed by atoms with van der Waals surface area (Å²) in [5.74, 6) is 0.535. The molecule has 0 aliphatic heterocycles. The van der Waals surface area contributed by atoms with Gasteiger partial charge < -0.3 is 10.6 Å². The molecule has 1 amide bonds. The minimum absolute atomic E-state index is 0.265. The van der Waals surface area contributed by atoms with Gasteiger partial charge in [0, 0.05) is 18.5 Å². The van der Waals surface area contributed by atoms with Crippen molar-refractivity contribution in [1.29, 1.82) is 0 Å². The molecule has 0 atom stereocenters. The molecule has 1 fully saturated rings. The van der Waals surface area contributed by atoms with Gasteiger partial charge in [-0.15, -0.1) is 0 Å². The number of hydrogen-bond acceptors (Lipinski definition) is 2. The molecule has 1 rings (SSSR count). The molecular formula is C15H34N2O.